The summed E-state index contributed by atoms with van der Waals surface area (Å²) in [6.07, 6.45) is 11.6. The molecule has 0 aromatic heterocycles. The Morgan fingerprint density at radius 3 is 2.45 bits per heavy atom. The van der Waals surface area contributed by atoms with Crippen LogP contribution in [0.3, 0.4) is 0 Å². The molecule has 0 spiro atoms. The monoisotopic (exact) mass is 434 g/mol. The van der Waals surface area contributed by atoms with Gasteiger partial charge in [0.15, 0.2) is 0 Å². The number of allylic oxidation sites excluding steroid dienone is 6. The van der Waals surface area contributed by atoms with Crippen LogP contribution in [0.25, 0.3) is 0 Å². The van der Waals surface area contributed by atoms with Crippen LogP contribution < -0.4 is 0 Å². The summed E-state index contributed by atoms with van der Waals surface area (Å²) in [5, 5.41) is 0. The second-order valence-corrected chi connectivity index (χ2v) is 11.6. The van der Waals surface area contributed by atoms with Crippen molar-refractivity contribution in [2.75, 3.05) is 0 Å². The summed E-state index contributed by atoms with van der Waals surface area (Å²) in [6, 6.07) is 20.1. The van der Waals surface area contributed by atoms with Gasteiger partial charge in [-0.2, -0.15) is 0 Å². The van der Waals surface area contributed by atoms with Crippen molar-refractivity contribution in [3.8, 4) is 0 Å². The van der Waals surface area contributed by atoms with Crippen molar-refractivity contribution in [1.29, 1.82) is 0 Å². The van der Waals surface area contributed by atoms with Crippen molar-refractivity contribution in [1.82, 2.24) is 0 Å². The number of benzene rings is 2. The molecule has 0 heterocycles. The number of rotatable bonds is 4. The van der Waals surface area contributed by atoms with Gasteiger partial charge in [-0.1, -0.05) is 123 Å². The van der Waals surface area contributed by atoms with Crippen LogP contribution in [0.1, 0.15) is 56.2 Å². The predicted octanol–water partition coefficient (Wildman–Crippen LogP) is 8.48. The van der Waals surface area contributed by atoms with Crippen molar-refractivity contribution in [3.63, 3.8) is 0 Å². The van der Waals surface area contributed by atoms with Gasteiger partial charge in [-0.25, -0.2) is 0 Å². The maximum Gasteiger partial charge on any atom is 0.0123 e. The van der Waals surface area contributed by atoms with Crippen molar-refractivity contribution >= 4 is 0 Å². The van der Waals surface area contributed by atoms with Crippen LogP contribution in [0.4, 0.5) is 0 Å². The zero-order valence-corrected chi connectivity index (χ0v) is 20.6. The third-order valence-electron chi connectivity index (χ3n) is 8.43. The van der Waals surface area contributed by atoms with Crippen LogP contribution in [0.5, 0.6) is 0 Å². The van der Waals surface area contributed by atoms with Gasteiger partial charge in [0.25, 0.3) is 0 Å². The maximum atomic E-state index is 4.77. The molecule has 5 rings (SSSR count). The van der Waals surface area contributed by atoms with Gasteiger partial charge in [-0.3, -0.25) is 0 Å². The highest BCUT2D eigenvalue weighted by molar-refractivity contribution is 5.46. The topological polar surface area (TPSA) is 0 Å². The zero-order valence-electron chi connectivity index (χ0n) is 20.6. The van der Waals surface area contributed by atoms with E-state index in [4.69, 9.17) is 13.2 Å². The molecule has 5 unspecified atom stereocenters. The SMILES string of the molecule is C=C(Cc1ccccc1)C1c2ccccc2CC2CC(C)(C)CC(=C)C2C1C1=CC=CC1C. The van der Waals surface area contributed by atoms with E-state index in [1.807, 2.05) is 0 Å². The summed E-state index contributed by atoms with van der Waals surface area (Å²) in [5.41, 5.74) is 9.11. The largest absolute Gasteiger partial charge is 0.0995 e. The zero-order chi connectivity index (χ0) is 23.2. The van der Waals surface area contributed by atoms with E-state index < -0.39 is 0 Å². The Morgan fingerprint density at radius 2 is 1.73 bits per heavy atom. The molecule has 3 aliphatic carbocycles. The standard InChI is InChI=1S/C33H38/c1-22-12-11-17-28(22)32-30-24(3)20-33(4,5)21-27(30)19-26-15-9-10-16-29(26)31(32)23(2)18-25-13-7-6-8-14-25/h6-17,22,27,30-32H,2-3,18-21H2,1,4-5H3. The summed E-state index contributed by atoms with van der Waals surface area (Å²) in [4.78, 5) is 0. The van der Waals surface area contributed by atoms with E-state index in [0.717, 1.165) is 19.3 Å². The first-order valence-corrected chi connectivity index (χ1v) is 12.7. The quantitative estimate of drug-likeness (QED) is 0.423. The van der Waals surface area contributed by atoms with Gasteiger partial charge >= 0.3 is 0 Å². The minimum absolute atomic E-state index is 0.322. The van der Waals surface area contributed by atoms with Crippen LogP contribution >= 0.6 is 0 Å². The first-order valence-electron chi connectivity index (χ1n) is 12.7. The first-order chi connectivity index (χ1) is 15.8. The molecule has 0 heteroatoms. The second-order valence-electron chi connectivity index (χ2n) is 11.6. The lowest BCUT2D eigenvalue weighted by Crippen LogP contribution is -2.38. The summed E-state index contributed by atoms with van der Waals surface area (Å²) < 4.78 is 0. The lowest BCUT2D eigenvalue weighted by Gasteiger charge is -2.47. The van der Waals surface area contributed by atoms with Crippen molar-refractivity contribution in [2.24, 2.45) is 29.1 Å². The average molecular weight is 435 g/mol. The molecule has 0 saturated heterocycles. The minimum Gasteiger partial charge on any atom is -0.0995 e. The Bertz CT molecular complexity index is 1110. The van der Waals surface area contributed by atoms with E-state index in [1.54, 1.807) is 5.57 Å². The van der Waals surface area contributed by atoms with Crippen LogP contribution in [0, 0.1) is 29.1 Å². The van der Waals surface area contributed by atoms with Crippen molar-refractivity contribution < 1.29 is 0 Å². The van der Waals surface area contributed by atoms with E-state index in [0.29, 0.717) is 35.0 Å². The van der Waals surface area contributed by atoms with Gasteiger partial charge in [-0.15, -0.1) is 0 Å². The van der Waals surface area contributed by atoms with Crippen LogP contribution in [-0.2, 0) is 12.8 Å². The molecule has 170 valence electrons. The highest BCUT2D eigenvalue weighted by atomic mass is 14.5. The van der Waals surface area contributed by atoms with Gasteiger partial charge in [0, 0.05) is 5.92 Å². The van der Waals surface area contributed by atoms with E-state index in [9.17, 15) is 0 Å². The molecule has 0 nitrogen and oxygen atoms in total. The number of fused-ring (bicyclic) bond motifs is 2. The number of hydrogen-bond donors (Lipinski definition) is 0. The molecule has 1 fully saturated rings. The molecule has 0 amide bonds. The maximum absolute atomic E-state index is 4.77. The fourth-order valence-electron chi connectivity index (χ4n) is 7.28. The molecule has 0 aliphatic heterocycles. The average Bonchev–Trinajstić information content (AvgIpc) is 3.12. The fraction of sp³-hybridized carbons (Fsp3) is 0.394. The summed E-state index contributed by atoms with van der Waals surface area (Å²) in [5.74, 6) is 2.38. The molecule has 0 bridgehead atoms. The normalized spacial score (nSPS) is 30.2. The van der Waals surface area contributed by atoms with Gasteiger partial charge < -0.3 is 0 Å². The fourth-order valence-corrected chi connectivity index (χ4v) is 7.28. The van der Waals surface area contributed by atoms with Crippen LogP contribution in [0.15, 0.2) is 103 Å². The van der Waals surface area contributed by atoms with Gasteiger partial charge in [-0.05, 0) is 71.5 Å². The van der Waals surface area contributed by atoms with Crippen LogP contribution in [0.2, 0.25) is 0 Å². The molecule has 2 aromatic rings. The molecule has 0 radical (unpaired) electrons. The molecule has 3 aliphatic rings. The molecular weight excluding hydrogens is 396 g/mol. The third-order valence-corrected chi connectivity index (χ3v) is 8.43. The van der Waals surface area contributed by atoms with E-state index in [2.05, 4.69) is 93.6 Å². The smallest absolute Gasteiger partial charge is 0.0123 e. The van der Waals surface area contributed by atoms with Crippen LogP contribution in [-0.4, -0.2) is 0 Å². The Labute approximate surface area is 200 Å². The summed E-state index contributed by atoms with van der Waals surface area (Å²) in [7, 11) is 0. The summed E-state index contributed by atoms with van der Waals surface area (Å²) >= 11 is 0. The Morgan fingerprint density at radius 1 is 1.00 bits per heavy atom. The van der Waals surface area contributed by atoms with E-state index in [-0.39, 0.29) is 0 Å². The molecular formula is C33H38. The summed E-state index contributed by atoms with van der Waals surface area (Å²) in [6.45, 7) is 16.8. The first kappa shape index (κ1) is 22.2. The van der Waals surface area contributed by atoms with Gasteiger partial charge in [0.1, 0.15) is 0 Å². The highest BCUT2D eigenvalue weighted by Gasteiger charge is 2.48. The predicted molar refractivity (Wildman–Crippen MR) is 141 cm³/mol. The lowest BCUT2D eigenvalue weighted by molar-refractivity contribution is 0.137. The third kappa shape index (κ3) is 4.21. The molecule has 5 atom stereocenters. The second kappa shape index (κ2) is 8.64. The van der Waals surface area contributed by atoms with E-state index in [1.165, 1.54) is 34.3 Å². The van der Waals surface area contributed by atoms with E-state index >= 15 is 0 Å². The molecule has 33 heavy (non-hydrogen) atoms. The lowest BCUT2D eigenvalue weighted by atomic mass is 9.57. The van der Waals surface area contributed by atoms with Gasteiger partial charge in [0.05, 0.1) is 0 Å². The minimum atomic E-state index is 0.322. The molecule has 1 saturated carbocycles. The van der Waals surface area contributed by atoms with Gasteiger partial charge in [0.2, 0.25) is 0 Å². The van der Waals surface area contributed by atoms with Crippen molar-refractivity contribution in [2.45, 2.75) is 52.4 Å². The molecule has 0 N–H and O–H groups in total. The molecule has 2 aromatic carbocycles. The highest BCUT2D eigenvalue weighted by Crippen LogP contribution is 2.57. The Kier molecular flexibility index (Phi) is 5.81. The Hall–Kier alpha value is -2.60. The Balaban J connectivity index is 1.65. The van der Waals surface area contributed by atoms with Crippen molar-refractivity contribution in [3.05, 3.63) is 119 Å². The number of hydrogen-bond acceptors (Lipinski definition) is 0.